The Hall–Kier alpha value is -0.540. The molecule has 2 aliphatic rings. The van der Waals surface area contributed by atoms with Crippen LogP contribution in [0.5, 0.6) is 5.75 Å². The maximum Gasteiger partial charge on any atom is 0.126 e. The summed E-state index contributed by atoms with van der Waals surface area (Å²) in [6.45, 7) is 2.23. The molecule has 1 aliphatic heterocycles. The van der Waals surface area contributed by atoms with Gasteiger partial charge < -0.3 is 9.84 Å². The zero-order valence-electron chi connectivity index (χ0n) is 10.7. The van der Waals surface area contributed by atoms with E-state index in [0.717, 1.165) is 35.0 Å². The van der Waals surface area contributed by atoms with E-state index in [2.05, 4.69) is 22.9 Å². The fourth-order valence-corrected chi connectivity index (χ4v) is 4.04. The van der Waals surface area contributed by atoms with E-state index < -0.39 is 6.10 Å². The van der Waals surface area contributed by atoms with Crippen LogP contribution >= 0.6 is 15.9 Å². The Kier molecular flexibility index (Phi) is 3.15. The van der Waals surface area contributed by atoms with Crippen LogP contribution in [0.2, 0.25) is 0 Å². The molecule has 1 spiro atoms. The summed E-state index contributed by atoms with van der Waals surface area (Å²) in [5.41, 5.74) is 0.811. The molecule has 0 bridgehead atoms. The highest BCUT2D eigenvalue weighted by atomic mass is 79.9. The van der Waals surface area contributed by atoms with Crippen molar-refractivity contribution in [3.63, 3.8) is 0 Å². The van der Waals surface area contributed by atoms with Crippen LogP contribution in [0.3, 0.4) is 0 Å². The van der Waals surface area contributed by atoms with Gasteiger partial charge in [-0.15, -0.1) is 0 Å². The quantitative estimate of drug-likeness (QED) is 0.841. The molecular weight excluding hydrogens is 292 g/mol. The van der Waals surface area contributed by atoms with Crippen molar-refractivity contribution in [2.24, 2.45) is 5.92 Å². The highest BCUT2D eigenvalue weighted by Crippen LogP contribution is 2.51. The molecule has 1 aliphatic carbocycles. The highest BCUT2D eigenvalue weighted by molar-refractivity contribution is 9.10. The van der Waals surface area contributed by atoms with E-state index in [1.165, 1.54) is 12.8 Å². The Morgan fingerprint density at radius 3 is 3.11 bits per heavy atom. The maximum absolute atomic E-state index is 10.4. The number of ether oxygens (including phenoxy) is 1. The normalized spacial score (nSPS) is 34.4. The third-order valence-corrected chi connectivity index (χ3v) is 5.07. The van der Waals surface area contributed by atoms with Crippen molar-refractivity contribution in [2.75, 3.05) is 0 Å². The van der Waals surface area contributed by atoms with Crippen LogP contribution in [-0.2, 0) is 0 Å². The van der Waals surface area contributed by atoms with Crippen molar-refractivity contribution >= 4 is 15.9 Å². The second kappa shape index (κ2) is 4.53. The van der Waals surface area contributed by atoms with Gasteiger partial charge in [-0.25, -0.2) is 0 Å². The Morgan fingerprint density at radius 1 is 1.50 bits per heavy atom. The zero-order chi connectivity index (χ0) is 12.8. The Labute approximate surface area is 116 Å². The molecule has 0 radical (unpaired) electrons. The molecule has 1 aromatic carbocycles. The SMILES string of the molecule is CCC1CCCC12C[C@@H](O)c1cc(Br)ccc1O2. The van der Waals surface area contributed by atoms with Crippen LogP contribution in [0.15, 0.2) is 22.7 Å². The van der Waals surface area contributed by atoms with E-state index in [-0.39, 0.29) is 5.60 Å². The summed E-state index contributed by atoms with van der Waals surface area (Å²) in [6.07, 6.45) is 5.02. The molecule has 3 heteroatoms. The number of rotatable bonds is 1. The summed E-state index contributed by atoms with van der Waals surface area (Å²) in [5, 5.41) is 10.4. The smallest absolute Gasteiger partial charge is 0.126 e. The van der Waals surface area contributed by atoms with E-state index in [0.29, 0.717) is 5.92 Å². The first-order valence-corrected chi connectivity index (χ1v) is 7.60. The Morgan fingerprint density at radius 2 is 2.33 bits per heavy atom. The summed E-state index contributed by atoms with van der Waals surface area (Å²) in [4.78, 5) is 0. The lowest BCUT2D eigenvalue weighted by Gasteiger charge is -2.42. The molecule has 0 amide bonds. The van der Waals surface area contributed by atoms with Gasteiger partial charge in [-0.2, -0.15) is 0 Å². The van der Waals surface area contributed by atoms with E-state index in [9.17, 15) is 5.11 Å². The van der Waals surface area contributed by atoms with Gasteiger partial charge in [0.15, 0.2) is 0 Å². The molecule has 0 saturated heterocycles. The van der Waals surface area contributed by atoms with Gasteiger partial charge in [0, 0.05) is 16.5 Å². The summed E-state index contributed by atoms with van der Waals surface area (Å²) < 4.78 is 7.33. The number of hydrogen-bond acceptors (Lipinski definition) is 2. The number of fused-ring (bicyclic) bond motifs is 1. The summed E-state index contributed by atoms with van der Waals surface area (Å²) in [6, 6.07) is 5.94. The lowest BCUT2D eigenvalue weighted by molar-refractivity contribution is -0.0411. The number of benzene rings is 1. The fraction of sp³-hybridized carbons (Fsp3) is 0.600. The molecule has 18 heavy (non-hydrogen) atoms. The average Bonchev–Trinajstić information content (AvgIpc) is 2.72. The van der Waals surface area contributed by atoms with Crippen LogP contribution < -0.4 is 4.74 Å². The van der Waals surface area contributed by atoms with E-state index in [1.54, 1.807) is 0 Å². The van der Waals surface area contributed by atoms with E-state index in [1.807, 2.05) is 18.2 Å². The van der Waals surface area contributed by atoms with E-state index >= 15 is 0 Å². The number of hydrogen-bond donors (Lipinski definition) is 1. The van der Waals surface area contributed by atoms with Gasteiger partial charge in [0.1, 0.15) is 11.4 Å². The van der Waals surface area contributed by atoms with Crippen LogP contribution in [0.4, 0.5) is 0 Å². The van der Waals surface area contributed by atoms with Gasteiger partial charge in [0.05, 0.1) is 6.10 Å². The van der Waals surface area contributed by atoms with Gasteiger partial charge in [-0.1, -0.05) is 22.9 Å². The molecule has 1 N–H and O–H groups in total. The average molecular weight is 311 g/mol. The highest BCUT2D eigenvalue weighted by Gasteiger charge is 2.48. The predicted octanol–water partition coefficient (Wildman–Crippen LogP) is 4.21. The summed E-state index contributed by atoms with van der Waals surface area (Å²) in [7, 11) is 0. The van der Waals surface area contributed by atoms with Crippen LogP contribution in [0, 0.1) is 5.92 Å². The van der Waals surface area contributed by atoms with Crippen molar-refractivity contribution < 1.29 is 9.84 Å². The number of aliphatic hydroxyl groups excluding tert-OH is 1. The van der Waals surface area contributed by atoms with Gasteiger partial charge in [-0.3, -0.25) is 0 Å². The maximum atomic E-state index is 10.4. The molecule has 3 rings (SSSR count). The topological polar surface area (TPSA) is 29.5 Å². The Balaban J connectivity index is 1.98. The Bertz CT molecular complexity index is 460. The minimum atomic E-state index is -0.390. The van der Waals surface area contributed by atoms with Gasteiger partial charge in [0.25, 0.3) is 0 Å². The zero-order valence-corrected chi connectivity index (χ0v) is 12.2. The molecule has 1 aromatic rings. The minimum Gasteiger partial charge on any atom is -0.486 e. The third kappa shape index (κ3) is 1.88. The lowest BCUT2D eigenvalue weighted by atomic mass is 9.80. The van der Waals surface area contributed by atoms with Gasteiger partial charge in [0.2, 0.25) is 0 Å². The van der Waals surface area contributed by atoms with Gasteiger partial charge >= 0.3 is 0 Å². The molecular formula is C15H19BrO2. The lowest BCUT2D eigenvalue weighted by Crippen LogP contribution is -2.44. The van der Waals surface area contributed by atoms with Crippen LogP contribution in [-0.4, -0.2) is 10.7 Å². The summed E-state index contributed by atoms with van der Waals surface area (Å²) >= 11 is 3.45. The molecule has 1 saturated carbocycles. The van der Waals surface area contributed by atoms with Crippen molar-refractivity contribution in [1.29, 1.82) is 0 Å². The van der Waals surface area contributed by atoms with E-state index in [4.69, 9.17) is 4.74 Å². The molecule has 0 aromatic heterocycles. The molecule has 2 nitrogen and oxygen atoms in total. The first-order valence-electron chi connectivity index (χ1n) is 6.81. The second-order valence-electron chi connectivity index (χ2n) is 5.57. The second-order valence-corrected chi connectivity index (χ2v) is 6.48. The number of aliphatic hydroxyl groups is 1. The molecule has 98 valence electrons. The molecule has 1 fully saturated rings. The van der Waals surface area contributed by atoms with Crippen molar-refractivity contribution in [1.82, 2.24) is 0 Å². The fourth-order valence-electron chi connectivity index (χ4n) is 3.66. The standard InChI is InChI=1S/C15H19BrO2/c1-2-10-4-3-7-15(10)9-13(17)12-8-11(16)5-6-14(12)18-15/h5-6,8,10,13,17H,2-4,7,9H2,1H3/t10?,13-,15?/m1/s1. The third-order valence-electron chi connectivity index (χ3n) is 4.57. The van der Waals surface area contributed by atoms with Crippen LogP contribution in [0.25, 0.3) is 0 Å². The van der Waals surface area contributed by atoms with Crippen molar-refractivity contribution in [3.8, 4) is 5.75 Å². The van der Waals surface area contributed by atoms with Crippen molar-refractivity contribution in [2.45, 2.75) is 50.7 Å². The van der Waals surface area contributed by atoms with Gasteiger partial charge in [-0.05, 0) is 49.8 Å². The molecule has 3 atom stereocenters. The summed E-state index contributed by atoms with van der Waals surface area (Å²) in [5.74, 6) is 1.46. The monoisotopic (exact) mass is 310 g/mol. The largest absolute Gasteiger partial charge is 0.486 e. The molecule has 1 heterocycles. The van der Waals surface area contributed by atoms with Crippen LogP contribution in [0.1, 0.15) is 50.7 Å². The first-order chi connectivity index (χ1) is 8.64. The van der Waals surface area contributed by atoms with Crippen molar-refractivity contribution in [3.05, 3.63) is 28.2 Å². The minimum absolute atomic E-state index is 0.116. The number of halogens is 1. The predicted molar refractivity (Wildman–Crippen MR) is 74.7 cm³/mol. The first kappa shape index (κ1) is 12.5. The molecule has 2 unspecified atom stereocenters.